The Morgan fingerprint density at radius 1 is 1.50 bits per heavy atom. The minimum absolute atomic E-state index is 0.633. The molecular weight excluding hydrogens is 260 g/mol. The van der Waals surface area contributed by atoms with Crippen molar-refractivity contribution in [1.82, 2.24) is 9.97 Å². The largest absolute Gasteiger partial charge is 0.226 e. The molecule has 1 fully saturated rings. The van der Waals surface area contributed by atoms with E-state index in [4.69, 9.17) is 0 Å². The molecule has 0 unspecified atom stereocenters. The zero-order chi connectivity index (χ0) is 9.97. The predicted molar refractivity (Wildman–Crippen MR) is 62.7 cm³/mol. The Hall–Kier alpha value is -0.0900. The van der Waals surface area contributed by atoms with E-state index in [-0.39, 0.29) is 0 Å². The normalized spacial score (nSPS) is 15.9. The molecule has 0 bridgehead atoms. The van der Waals surface area contributed by atoms with Crippen molar-refractivity contribution in [3.05, 3.63) is 16.5 Å². The lowest BCUT2D eigenvalue weighted by Gasteiger charge is -2.02. The quantitative estimate of drug-likeness (QED) is 0.619. The van der Waals surface area contributed by atoms with Crippen molar-refractivity contribution in [2.75, 3.05) is 5.75 Å². The third-order valence-electron chi connectivity index (χ3n) is 2.09. The topological polar surface area (TPSA) is 25.8 Å². The molecule has 76 valence electrons. The van der Waals surface area contributed by atoms with Gasteiger partial charge in [0.2, 0.25) is 0 Å². The van der Waals surface area contributed by atoms with Crippen LogP contribution >= 0.6 is 27.7 Å². The SMILES string of the molecule is CCCSc1cc(Br)nc(C2CC2)n1. The molecule has 0 aliphatic heterocycles. The van der Waals surface area contributed by atoms with Gasteiger partial charge >= 0.3 is 0 Å². The highest BCUT2D eigenvalue weighted by atomic mass is 79.9. The second kappa shape index (κ2) is 4.62. The van der Waals surface area contributed by atoms with Crippen molar-refractivity contribution in [3.63, 3.8) is 0 Å². The molecule has 0 saturated heterocycles. The monoisotopic (exact) mass is 272 g/mol. The van der Waals surface area contributed by atoms with Gasteiger partial charge in [-0.25, -0.2) is 9.97 Å². The summed E-state index contributed by atoms with van der Waals surface area (Å²) < 4.78 is 0.924. The number of aromatic nitrogens is 2. The minimum atomic E-state index is 0.633. The lowest BCUT2D eigenvalue weighted by molar-refractivity contribution is 0.866. The van der Waals surface area contributed by atoms with Crippen molar-refractivity contribution in [1.29, 1.82) is 0 Å². The highest BCUT2D eigenvalue weighted by molar-refractivity contribution is 9.10. The van der Waals surface area contributed by atoms with Gasteiger partial charge < -0.3 is 0 Å². The molecule has 1 aromatic rings. The van der Waals surface area contributed by atoms with Gasteiger partial charge in [-0.1, -0.05) is 6.92 Å². The average Bonchev–Trinajstić information content (AvgIpc) is 2.97. The first-order chi connectivity index (χ1) is 6.79. The number of rotatable bonds is 4. The third-order valence-corrected chi connectivity index (χ3v) is 3.61. The van der Waals surface area contributed by atoms with E-state index in [0.29, 0.717) is 5.92 Å². The zero-order valence-corrected chi connectivity index (χ0v) is 10.6. The van der Waals surface area contributed by atoms with Crippen molar-refractivity contribution in [3.8, 4) is 0 Å². The van der Waals surface area contributed by atoms with Gasteiger partial charge in [-0.05, 0) is 40.9 Å². The first-order valence-electron chi connectivity index (χ1n) is 4.97. The molecule has 0 amide bonds. The molecule has 4 heteroatoms. The maximum Gasteiger partial charge on any atom is 0.134 e. The zero-order valence-electron chi connectivity index (χ0n) is 8.16. The molecule has 0 N–H and O–H groups in total. The van der Waals surface area contributed by atoms with Crippen LogP contribution in [0.2, 0.25) is 0 Å². The summed E-state index contributed by atoms with van der Waals surface area (Å²) in [7, 11) is 0. The van der Waals surface area contributed by atoms with Crippen LogP contribution in [0.3, 0.4) is 0 Å². The average molecular weight is 273 g/mol. The van der Waals surface area contributed by atoms with Crippen LogP contribution < -0.4 is 0 Å². The second-order valence-electron chi connectivity index (χ2n) is 3.51. The van der Waals surface area contributed by atoms with Gasteiger partial charge in [0.1, 0.15) is 15.5 Å². The van der Waals surface area contributed by atoms with Gasteiger partial charge in [0.15, 0.2) is 0 Å². The van der Waals surface area contributed by atoms with Crippen molar-refractivity contribution < 1.29 is 0 Å². The van der Waals surface area contributed by atoms with E-state index in [2.05, 4.69) is 32.8 Å². The molecule has 1 aliphatic carbocycles. The minimum Gasteiger partial charge on any atom is -0.226 e. The molecule has 0 radical (unpaired) electrons. The van der Waals surface area contributed by atoms with E-state index in [1.807, 2.05) is 17.8 Å². The molecule has 2 rings (SSSR count). The number of halogens is 1. The van der Waals surface area contributed by atoms with E-state index < -0.39 is 0 Å². The Bertz CT molecular complexity index is 326. The lowest BCUT2D eigenvalue weighted by atomic mass is 10.4. The predicted octanol–water partition coefficient (Wildman–Crippen LogP) is 3.62. The molecule has 0 atom stereocenters. The summed E-state index contributed by atoms with van der Waals surface area (Å²) in [6, 6.07) is 2.01. The Kier molecular flexibility index (Phi) is 3.44. The van der Waals surface area contributed by atoms with E-state index in [1.165, 1.54) is 19.3 Å². The molecule has 1 aromatic heterocycles. The van der Waals surface area contributed by atoms with Crippen LogP contribution in [0, 0.1) is 0 Å². The number of hydrogen-bond acceptors (Lipinski definition) is 3. The third kappa shape index (κ3) is 2.70. The summed E-state index contributed by atoms with van der Waals surface area (Å²) >= 11 is 5.25. The van der Waals surface area contributed by atoms with Gasteiger partial charge in [0, 0.05) is 12.0 Å². The van der Waals surface area contributed by atoms with Crippen LogP contribution in [-0.4, -0.2) is 15.7 Å². The smallest absolute Gasteiger partial charge is 0.134 e. The fourth-order valence-corrected chi connectivity index (χ4v) is 2.53. The summed E-state index contributed by atoms with van der Waals surface area (Å²) in [6.45, 7) is 2.19. The van der Waals surface area contributed by atoms with E-state index in [9.17, 15) is 0 Å². The summed E-state index contributed by atoms with van der Waals surface area (Å²) in [5.74, 6) is 2.79. The Morgan fingerprint density at radius 3 is 2.93 bits per heavy atom. The van der Waals surface area contributed by atoms with Gasteiger partial charge in [0.25, 0.3) is 0 Å². The standard InChI is InChI=1S/C10H13BrN2S/c1-2-5-14-9-6-8(11)12-10(13-9)7-3-4-7/h6-7H,2-5H2,1H3. The molecule has 14 heavy (non-hydrogen) atoms. The van der Waals surface area contributed by atoms with E-state index in [1.54, 1.807) is 0 Å². The molecule has 2 nitrogen and oxygen atoms in total. The molecule has 0 aromatic carbocycles. The highest BCUT2D eigenvalue weighted by Gasteiger charge is 2.27. The fraction of sp³-hybridized carbons (Fsp3) is 0.600. The molecule has 1 aliphatic rings. The maximum absolute atomic E-state index is 4.55. The van der Waals surface area contributed by atoms with E-state index >= 15 is 0 Å². The van der Waals surface area contributed by atoms with Crippen LogP contribution in [0.1, 0.15) is 37.9 Å². The van der Waals surface area contributed by atoms with Crippen LogP contribution in [0.5, 0.6) is 0 Å². The van der Waals surface area contributed by atoms with Crippen LogP contribution in [0.4, 0.5) is 0 Å². The van der Waals surface area contributed by atoms with Crippen LogP contribution in [-0.2, 0) is 0 Å². The summed E-state index contributed by atoms with van der Waals surface area (Å²) in [4.78, 5) is 8.95. The summed E-state index contributed by atoms with van der Waals surface area (Å²) in [5, 5.41) is 1.11. The van der Waals surface area contributed by atoms with Crippen molar-refractivity contribution in [2.45, 2.75) is 37.1 Å². The lowest BCUT2D eigenvalue weighted by Crippen LogP contribution is -1.94. The van der Waals surface area contributed by atoms with Gasteiger partial charge in [-0.3, -0.25) is 0 Å². The molecule has 0 spiro atoms. The Labute approximate surface area is 97.0 Å². The Balaban J connectivity index is 2.13. The van der Waals surface area contributed by atoms with E-state index in [0.717, 1.165) is 21.2 Å². The van der Waals surface area contributed by atoms with Crippen LogP contribution in [0.25, 0.3) is 0 Å². The maximum atomic E-state index is 4.55. The fourth-order valence-electron chi connectivity index (χ4n) is 1.22. The van der Waals surface area contributed by atoms with Gasteiger partial charge in [-0.15, -0.1) is 11.8 Å². The first kappa shape index (κ1) is 10.4. The van der Waals surface area contributed by atoms with Gasteiger partial charge in [-0.2, -0.15) is 0 Å². The number of nitrogens with zero attached hydrogens (tertiary/aromatic N) is 2. The number of thioether (sulfide) groups is 1. The Morgan fingerprint density at radius 2 is 2.29 bits per heavy atom. The van der Waals surface area contributed by atoms with Crippen LogP contribution in [0.15, 0.2) is 15.7 Å². The molecule has 1 heterocycles. The summed E-state index contributed by atoms with van der Waals surface area (Å²) in [6.07, 6.45) is 3.70. The second-order valence-corrected chi connectivity index (χ2v) is 5.44. The molecular formula is C10H13BrN2S. The summed E-state index contributed by atoms with van der Waals surface area (Å²) in [5.41, 5.74) is 0. The molecule has 1 saturated carbocycles. The van der Waals surface area contributed by atoms with Crippen molar-refractivity contribution >= 4 is 27.7 Å². The number of hydrogen-bond donors (Lipinski definition) is 0. The van der Waals surface area contributed by atoms with Crippen molar-refractivity contribution in [2.24, 2.45) is 0 Å². The first-order valence-corrected chi connectivity index (χ1v) is 6.74. The highest BCUT2D eigenvalue weighted by Crippen LogP contribution is 2.39. The van der Waals surface area contributed by atoms with Gasteiger partial charge in [0.05, 0.1) is 0 Å².